The van der Waals surface area contributed by atoms with Gasteiger partial charge in [0.1, 0.15) is 0 Å². The molecule has 3 rings (SSSR count). The molecule has 0 unspecified atom stereocenters. The molecule has 2 N–H and O–H groups in total. The van der Waals surface area contributed by atoms with Gasteiger partial charge in [-0.25, -0.2) is 5.43 Å². The molecular formula is C19H19N3O4S. The lowest BCUT2D eigenvalue weighted by Gasteiger charge is -2.08. The van der Waals surface area contributed by atoms with Crippen molar-refractivity contribution >= 4 is 39.5 Å². The molecule has 1 aromatic carbocycles. The number of rotatable bonds is 8. The van der Waals surface area contributed by atoms with Crippen molar-refractivity contribution in [3.8, 4) is 11.5 Å². The molecule has 0 fully saturated rings. The molecule has 0 aliphatic carbocycles. The summed E-state index contributed by atoms with van der Waals surface area (Å²) in [7, 11) is 3.03. The third-order valence-electron chi connectivity index (χ3n) is 3.99. The van der Waals surface area contributed by atoms with Crippen LogP contribution in [0.25, 0.3) is 10.2 Å². The number of Topliss-reactive ketones (excluding diaryl/α,β-unsaturated/α-hetero) is 1. The number of amides is 1. The van der Waals surface area contributed by atoms with Gasteiger partial charge in [-0.3, -0.25) is 9.59 Å². The molecule has 0 aliphatic heterocycles. The van der Waals surface area contributed by atoms with Crippen LogP contribution in [-0.2, 0) is 4.79 Å². The van der Waals surface area contributed by atoms with Crippen molar-refractivity contribution in [1.82, 2.24) is 10.4 Å². The quantitative estimate of drug-likeness (QED) is 0.353. The van der Waals surface area contributed by atoms with Crippen LogP contribution < -0.4 is 14.9 Å². The molecule has 3 aromatic rings. The molecule has 27 heavy (non-hydrogen) atoms. The minimum absolute atomic E-state index is 0.0477. The zero-order valence-electron chi connectivity index (χ0n) is 14.9. The first kappa shape index (κ1) is 18.7. The SMILES string of the molecule is COc1ccc(C(=O)CCC(=O)N/N=C/c2csc3cc[nH]c23)cc1OC. The molecule has 2 aromatic heterocycles. The summed E-state index contributed by atoms with van der Waals surface area (Å²) >= 11 is 1.60. The molecule has 0 saturated heterocycles. The van der Waals surface area contributed by atoms with Crippen LogP contribution in [0.4, 0.5) is 0 Å². The van der Waals surface area contributed by atoms with E-state index in [2.05, 4.69) is 15.5 Å². The van der Waals surface area contributed by atoms with Gasteiger partial charge >= 0.3 is 0 Å². The fourth-order valence-electron chi connectivity index (χ4n) is 2.57. The Hall–Kier alpha value is -3.13. The number of aromatic amines is 1. The molecule has 140 valence electrons. The van der Waals surface area contributed by atoms with E-state index in [0.717, 1.165) is 15.8 Å². The number of ketones is 1. The second kappa shape index (κ2) is 8.50. The van der Waals surface area contributed by atoms with Gasteiger partial charge in [0, 0.05) is 35.5 Å². The average molecular weight is 385 g/mol. The number of thiophene rings is 1. The first-order valence-electron chi connectivity index (χ1n) is 8.24. The van der Waals surface area contributed by atoms with Crippen molar-refractivity contribution in [2.45, 2.75) is 12.8 Å². The van der Waals surface area contributed by atoms with Crippen molar-refractivity contribution in [1.29, 1.82) is 0 Å². The zero-order valence-corrected chi connectivity index (χ0v) is 15.8. The zero-order chi connectivity index (χ0) is 19.2. The fourth-order valence-corrected chi connectivity index (χ4v) is 3.44. The molecular weight excluding hydrogens is 366 g/mol. The van der Waals surface area contributed by atoms with Crippen LogP contribution in [0.3, 0.4) is 0 Å². The Kier molecular flexibility index (Phi) is 5.87. The molecule has 0 saturated carbocycles. The van der Waals surface area contributed by atoms with Crippen molar-refractivity contribution in [3.63, 3.8) is 0 Å². The summed E-state index contributed by atoms with van der Waals surface area (Å²) in [4.78, 5) is 27.3. The maximum absolute atomic E-state index is 12.3. The number of hydrazone groups is 1. The van der Waals surface area contributed by atoms with E-state index in [1.165, 1.54) is 14.2 Å². The van der Waals surface area contributed by atoms with Crippen LogP contribution in [-0.4, -0.2) is 37.1 Å². The number of aromatic nitrogens is 1. The summed E-state index contributed by atoms with van der Waals surface area (Å²) in [5, 5.41) is 5.91. The number of carbonyl (C=O) groups excluding carboxylic acids is 2. The standard InChI is InChI=1S/C19H19N3O4S/c1-25-15-5-3-12(9-16(15)26-2)14(23)4-6-18(24)22-21-10-13-11-27-17-7-8-20-19(13)17/h3,5,7-11,20H,4,6H2,1-2H3,(H,22,24)/b21-10+. The van der Waals surface area contributed by atoms with E-state index in [9.17, 15) is 9.59 Å². The molecule has 0 atom stereocenters. The Balaban J connectivity index is 1.52. The van der Waals surface area contributed by atoms with Gasteiger partial charge in [0.05, 0.1) is 30.7 Å². The topological polar surface area (TPSA) is 92.8 Å². The van der Waals surface area contributed by atoms with Gasteiger partial charge in [-0.2, -0.15) is 5.10 Å². The van der Waals surface area contributed by atoms with E-state index in [0.29, 0.717) is 17.1 Å². The third-order valence-corrected chi connectivity index (χ3v) is 4.95. The molecule has 0 bridgehead atoms. The number of benzene rings is 1. The van der Waals surface area contributed by atoms with Gasteiger partial charge in [0.2, 0.25) is 5.91 Å². The van der Waals surface area contributed by atoms with Gasteiger partial charge in [-0.15, -0.1) is 11.3 Å². The lowest BCUT2D eigenvalue weighted by Crippen LogP contribution is -2.18. The first-order valence-corrected chi connectivity index (χ1v) is 9.12. The Morgan fingerprint density at radius 3 is 2.78 bits per heavy atom. The van der Waals surface area contributed by atoms with Crippen LogP contribution in [0.1, 0.15) is 28.8 Å². The molecule has 0 radical (unpaired) electrons. The number of nitrogens with one attached hydrogen (secondary N) is 2. The van der Waals surface area contributed by atoms with E-state index < -0.39 is 0 Å². The number of fused-ring (bicyclic) bond motifs is 1. The van der Waals surface area contributed by atoms with Gasteiger partial charge in [-0.05, 0) is 24.3 Å². The van der Waals surface area contributed by atoms with Crippen molar-refractivity contribution in [2.24, 2.45) is 5.10 Å². The molecule has 0 aliphatic rings. The number of carbonyl (C=O) groups is 2. The van der Waals surface area contributed by atoms with Crippen LogP contribution in [0.2, 0.25) is 0 Å². The van der Waals surface area contributed by atoms with E-state index in [-0.39, 0.29) is 24.5 Å². The first-order chi connectivity index (χ1) is 13.1. The van der Waals surface area contributed by atoms with Crippen LogP contribution in [0.5, 0.6) is 11.5 Å². The Morgan fingerprint density at radius 1 is 1.19 bits per heavy atom. The second-order valence-electron chi connectivity index (χ2n) is 5.69. The number of ether oxygens (including phenoxy) is 2. The average Bonchev–Trinajstić information content (AvgIpc) is 3.30. The lowest BCUT2D eigenvalue weighted by atomic mass is 10.1. The highest BCUT2D eigenvalue weighted by atomic mass is 32.1. The van der Waals surface area contributed by atoms with Crippen LogP contribution >= 0.6 is 11.3 Å². The lowest BCUT2D eigenvalue weighted by molar-refractivity contribution is -0.121. The van der Waals surface area contributed by atoms with Gasteiger partial charge < -0.3 is 14.5 Å². The molecule has 8 heteroatoms. The van der Waals surface area contributed by atoms with Crippen LogP contribution in [0.15, 0.2) is 40.9 Å². The summed E-state index contributed by atoms with van der Waals surface area (Å²) < 4.78 is 11.5. The Bertz CT molecular complexity index is 990. The summed E-state index contributed by atoms with van der Waals surface area (Å²) in [6, 6.07) is 6.90. The van der Waals surface area contributed by atoms with Gasteiger partial charge in [0.25, 0.3) is 0 Å². The van der Waals surface area contributed by atoms with Crippen molar-refractivity contribution in [2.75, 3.05) is 14.2 Å². The fraction of sp³-hybridized carbons (Fsp3) is 0.211. The second-order valence-corrected chi connectivity index (χ2v) is 6.61. The largest absolute Gasteiger partial charge is 0.493 e. The third kappa shape index (κ3) is 4.35. The predicted molar refractivity (Wildman–Crippen MR) is 105 cm³/mol. The highest BCUT2D eigenvalue weighted by Crippen LogP contribution is 2.28. The molecule has 0 spiro atoms. The summed E-state index contributed by atoms with van der Waals surface area (Å²) in [6.45, 7) is 0. The molecule has 1 amide bonds. The Labute approximate surface area is 160 Å². The minimum Gasteiger partial charge on any atom is -0.493 e. The van der Waals surface area contributed by atoms with E-state index in [1.807, 2.05) is 17.6 Å². The van der Waals surface area contributed by atoms with E-state index in [4.69, 9.17) is 9.47 Å². The normalized spacial score (nSPS) is 11.0. The molecule has 7 nitrogen and oxygen atoms in total. The summed E-state index contributed by atoms with van der Waals surface area (Å²) in [6.07, 6.45) is 3.57. The van der Waals surface area contributed by atoms with Gasteiger partial charge in [-0.1, -0.05) is 0 Å². The number of H-pyrrole nitrogens is 1. The van der Waals surface area contributed by atoms with E-state index in [1.54, 1.807) is 35.8 Å². The molecule has 2 heterocycles. The maximum atomic E-state index is 12.3. The highest BCUT2D eigenvalue weighted by molar-refractivity contribution is 7.17. The van der Waals surface area contributed by atoms with Crippen molar-refractivity contribution < 1.29 is 19.1 Å². The predicted octanol–water partition coefficient (Wildman–Crippen LogP) is 3.36. The number of methoxy groups -OCH3 is 2. The number of hydrogen-bond donors (Lipinski definition) is 2. The summed E-state index contributed by atoms with van der Waals surface area (Å²) in [5.74, 6) is 0.550. The number of nitrogens with zero attached hydrogens (tertiary/aromatic N) is 1. The smallest absolute Gasteiger partial charge is 0.240 e. The van der Waals surface area contributed by atoms with E-state index >= 15 is 0 Å². The van der Waals surface area contributed by atoms with Crippen LogP contribution in [0, 0.1) is 0 Å². The van der Waals surface area contributed by atoms with Crippen molar-refractivity contribution in [3.05, 3.63) is 47.0 Å². The number of hydrogen-bond acceptors (Lipinski definition) is 6. The summed E-state index contributed by atoms with van der Waals surface area (Å²) in [5.41, 5.74) is 4.81. The monoisotopic (exact) mass is 385 g/mol. The highest BCUT2D eigenvalue weighted by Gasteiger charge is 2.12. The Morgan fingerprint density at radius 2 is 2.00 bits per heavy atom. The maximum Gasteiger partial charge on any atom is 0.240 e. The minimum atomic E-state index is -0.321. The van der Waals surface area contributed by atoms with Gasteiger partial charge in [0.15, 0.2) is 17.3 Å².